The third-order valence-corrected chi connectivity index (χ3v) is 6.28. The molecule has 0 radical (unpaired) electrons. The van der Waals surface area contributed by atoms with Gasteiger partial charge < -0.3 is 29.1 Å². The van der Waals surface area contributed by atoms with Crippen LogP contribution in [0.2, 0.25) is 0 Å². The molecular formula is C30H40N2O6. The molecule has 1 aliphatic rings. The van der Waals surface area contributed by atoms with Crippen molar-refractivity contribution in [2.75, 3.05) is 40.9 Å². The number of methoxy groups -OCH3 is 1. The summed E-state index contributed by atoms with van der Waals surface area (Å²) in [6, 6.07) is 11.4. The number of Topliss-reactive ketones (excluding diaryl/α,β-unsaturated/α-hetero) is 1. The van der Waals surface area contributed by atoms with Crippen molar-refractivity contribution < 1.29 is 28.9 Å². The third-order valence-electron chi connectivity index (χ3n) is 6.28. The molecule has 38 heavy (non-hydrogen) atoms. The van der Waals surface area contributed by atoms with E-state index in [2.05, 4.69) is 13.8 Å². The van der Waals surface area contributed by atoms with Crippen molar-refractivity contribution >= 4 is 17.4 Å². The molecule has 1 heterocycles. The van der Waals surface area contributed by atoms with E-state index in [1.807, 2.05) is 38.9 Å². The summed E-state index contributed by atoms with van der Waals surface area (Å²) in [7, 11) is 5.36. The fraction of sp³-hybridized carbons (Fsp3) is 0.467. The van der Waals surface area contributed by atoms with E-state index < -0.39 is 17.7 Å². The SMILES string of the molecule is COc1cc(C2C(=C(O)c3ccc(OC(C)C)cc3)C(=O)C(=O)N2CCN(C)C)ccc1OCCC(C)C. The normalized spacial score (nSPS) is 17.1. The summed E-state index contributed by atoms with van der Waals surface area (Å²) >= 11 is 0. The Bertz CT molecular complexity index is 1150. The van der Waals surface area contributed by atoms with Crippen LogP contribution in [0.4, 0.5) is 0 Å². The number of carbonyl (C=O) groups is 2. The Balaban J connectivity index is 2.06. The van der Waals surface area contributed by atoms with Gasteiger partial charge in [-0.15, -0.1) is 0 Å². The van der Waals surface area contributed by atoms with E-state index in [1.54, 1.807) is 43.5 Å². The van der Waals surface area contributed by atoms with E-state index in [0.717, 1.165) is 6.42 Å². The number of likely N-dealkylation sites (N-methyl/N-ethyl adjacent to an activating group) is 1. The Kier molecular flexibility index (Phi) is 9.80. The minimum atomic E-state index is -0.778. The van der Waals surface area contributed by atoms with Gasteiger partial charge in [0, 0.05) is 18.7 Å². The van der Waals surface area contributed by atoms with Crippen LogP contribution < -0.4 is 14.2 Å². The molecule has 3 rings (SSSR count). The summed E-state index contributed by atoms with van der Waals surface area (Å²) in [5, 5.41) is 11.3. The second kappa shape index (κ2) is 12.8. The van der Waals surface area contributed by atoms with E-state index in [9.17, 15) is 14.7 Å². The Labute approximate surface area is 225 Å². The third kappa shape index (κ3) is 6.86. The molecule has 1 saturated heterocycles. The Morgan fingerprint density at radius 1 is 1.03 bits per heavy atom. The molecule has 0 saturated carbocycles. The summed E-state index contributed by atoms with van der Waals surface area (Å²) in [6.07, 6.45) is 0.903. The van der Waals surface area contributed by atoms with Gasteiger partial charge >= 0.3 is 0 Å². The first kappa shape index (κ1) is 29.0. The van der Waals surface area contributed by atoms with Gasteiger partial charge in [-0.3, -0.25) is 9.59 Å². The molecule has 1 amide bonds. The standard InChI is InChI=1S/C30H40N2O6/c1-19(2)14-17-37-24-13-10-22(18-25(24)36-7)27-26(29(34)30(35)32(27)16-15-31(5)6)28(33)21-8-11-23(12-9-21)38-20(3)4/h8-13,18-20,27,33H,14-17H2,1-7H3. The van der Waals surface area contributed by atoms with Crippen LogP contribution in [0.5, 0.6) is 17.2 Å². The zero-order chi connectivity index (χ0) is 28.0. The van der Waals surface area contributed by atoms with Crippen molar-refractivity contribution in [2.24, 2.45) is 5.92 Å². The summed E-state index contributed by atoms with van der Waals surface area (Å²) in [4.78, 5) is 29.9. The molecule has 1 fully saturated rings. The topological polar surface area (TPSA) is 88.5 Å². The maximum Gasteiger partial charge on any atom is 0.295 e. The number of rotatable bonds is 12. The second-order valence-electron chi connectivity index (χ2n) is 10.4. The van der Waals surface area contributed by atoms with Gasteiger partial charge in [0.15, 0.2) is 11.5 Å². The van der Waals surface area contributed by atoms with E-state index in [4.69, 9.17) is 14.2 Å². The van der Waals surface area contributed by atoms with Gasteiger partial charge in [-0.1, -0.05) is 19.9 Å². The van der Waals surface area contributed by atoms with Gasteiger partial charge in [0.2, 0.25) is 0 Å². The molecule has 8 heteroatoms. The van der Waals surface area contributed by atoms with Gasteiger partial charge in [0.05, 0.1) is 31.4 Å². The predicted octanol–water partition coefficient (Wildman–Crippen LogP) is 4.89. The quantitative estimate of drug-likeness (QED) is 0.240. The molecule has 2 aromatic rings. The number of benzene rings is 2. The molecule has 1 atom stereocenters. The van der Waals surface area contributed by atoms with E-state index in [1.165, 1.54) is 4.90 Å². The van der Waals surface area contributed by atoms with Gasteiger partial charge in [0.25, 0.3) is 11.7 Å². The van der Waals surface area contributed by atoms with Crippen molar-refractivity contribution in [3.8, 4) is 17.2 Å². The molecule has 1 unspecified atom stereocenters. The molecule has 2 aromatic carbocycles. The average Bonchev–Trinajstić information content (AvgIpc) is 3.12. The molecule has 0 aromatic heterocycles. The van der Waals surface area contributed by atoms with Gasteiger partial charge in [-0.2, -0.15) is 0 Å². The summed E-state index contributed by atoms with van der Waals surface area (Å²) in [5.41, 5.74) is 1.12. The highest BCUT2D eigenvalue weighted by Gasteiger charge is 2.46. The number of carbonyl (C=O) groups excluding carboxylic acids is 2. The number of ether oxygens (including phenoxy) is 3. The van der Waals surface area contributed by atoms with Gasteiger partial charge in [-0.05, 0) is 82.2 Å². The molecule has 0 bridgehead atoms. The molecule has 1 aliphatic heterocycles. The molecule has 206 valence electrons. The van der Waals surface area contributed by atoms with Crippen LogP contribution in [0.25, 0.3) is 5.76 Å². The zero-order valence-electron chi connectivity index (χ0n) is 23.5. The minimum Gasteiger partial charge on any atom is -0.507 e. The Morgan fingerprint density at radius 2 is 1.71 bits per heavy atom. The van der Waals surface area contributed by atoms with E-state index in [0.29, 0.717) is 54.0 Å². The Morgan fingerprint density at radius 3 is 2.29 bits per heavy atom. The largest absolute Gasteiger partial charge is 0.507 e. The van der Waals surface area contributed by atoms with Crippen LogP contribution >= 0.6 is 0 Å². The highest BCUT2D eigenvalue weighted by Crippen LogP contribution is 2.42. The molecular weight excluding hydrogens is 484 g/mol. The molecule has 0 spiro atoms. The highest BCUT2D eigenvalue weighted by atomic mass is 16.5. The number of likely N-dealkylation sites (tertiary alicyclic amines) is 1. The lowest BCUT2D eigenvalue weighted by molar-refractivity contribution is -0.140. The van der Waals surface area contributed by atoms with Crippen LogP contribution in [0, 0.1) is 5.92 Å². The van der Waals surface area contributed by atoms with Crippen LogP contribution in [0.1, 0.15) is 51.3 Å². The first-order chi connectivity index (χ1) is 18.0. The van der Waals surface area contributed by atoms with Gasteiger partial charge in [-0.25, -0.2) is 0 Å². The maximum absolute atomic E-state index is 13.3. The number of hydrogen-bond donors (Lipinski definition) is 1. The van der Waals surface area contributed by atoms with Crippen molar-refractivity contribution in [1.82, 2.24) is 9.80 Å². The fourth-order valence-electron chi connectivity index (χ4n) is 4.26. The van der Waals surface area contributed by atoms with Crippen molar-refractivity contribution in [1.29, 1.82) is 0 Å². The number of hydrogen-bond acceptors (Lipinski definition) is 7. The number of ketones is 1. The number of amides is 1. The van der Waals surface area contributed by atoms with Crippen molar-refractivity contribution in [2.45, 2.75) is 46.3 Å². The van der Waals surface area contributed by atoms with Crippen LogP contribution in [0.15, 0.2) is 48.0 Å². The van der Waals surface area contributed by atoms with Crippen molar-refractivity contribution in [3.63, 3.8) is 0 Å². The molecule has 1 N–H and O–H groups in total. The smallest absolute Gasteiger partial charge is 0.295 e. The lowest BCUT2D eigenvalue weighted by Crippen LogP contribution is -2.35. The van der Waals surface area contributed by atoms with Gasteiger partial charge in [0.1, 0.15) is 11.5 Å². The molecule has 8 nitrogen and oxygen atoms in total. The first-order valence-electron chi connectivity index (χ1n) is 13.0. The van der Waals surface area contributed by atoms with Crippen LogP contribution in [-0.2, 0) is 9.59 Å². The summed E-state index contributed by atoms with van der Waals surface area (Å²) in [5.74, 6) is 0.648. The van der Waals surface area contributed by atoms with E-state index in [-0.39, 0.29) is 17.4 Å². The lowest BCUT2D eigenvalue weighted by Gasteiger charge is -2.27. The zero-order valence-corrected chi connectivity index (χ0v) is 23.5. The highest BCUT2D eigenvalue weighted by molar-refractivity contribution is 6.46. The monoisotopic (exact) mass is 524 g/mol. The Hall–Kier alpha value is -3.52. The van der Waals surface area contributed by atoms with Crippen molar-refractivity contribution in [3.05, 3.63) is 59.2 Å². The average molecular weight is 525 g/mol. The maximum atomic E-state index is 13.3. The second-order valence-corrected chi connectivity index (χ2v) is 10.4. The molecule has 0 aliphatic carbocycles. The first-order valence-corrected chi connectivity index (χ1v) is 13.0. The summed E-state index contributed by atoms with van der Waals surface area (Å²) < 4.78 is 17.2. The predicted molar refractivity (Wildman–Crippen MR) is 148 cm³/mol. The number of aliphatic hydroxyl groups is 1. The minimum absolute atomic E-state index is 0.00349. The lowest BCUT2D eigenvalue weighted by atomic mass is 9.95. The fourth-order valence-corrected chi connectivity index (χ4v) is 4.26. The number of nitrogens with zero attached hydrogens (tertiary/aromatic N) is 2. The number of aliphatic hydroxyl groups excluding tert-OH is 1. The van der Waals surface area contributed by atoms with Crippen LogP contribution in [-0.4, -0.2) is 73.6 Å². The van der Waals surface area contributed by atoms with E-state index >= 15 is 0 Å². The summed E-state index contributed by atoms with van der Waals surface area (Å²) in [6.45, 7) is 9.53. The van der Waals surface area contributed by atoms with Crippen LogP contribution in [0.3, 0.4) is 0 Å².